The lowest BCUT2D eigenvalue weighted by molar-refractivity contribution is -0.384. The third-order valence-electron chi connectivity index (χ3n) is 5.34. The van der Waals surface area contributed by atoms with Gasteiger partial charge < -0.3 is 4.57 Å². The standard InChI is InChI=1S/C23H16ClFN4O5/c1-12-9-14(13(2)27(12)17-7-8-20(29(33)34)19(24)11-17)10-18-21(30)26-23(32)28(22(18)31)16-5-3-15(25)4-6-16/h3-11H,1-2H3,(H,26,30,32)/b18-10+. The summed E-state index contributed by atoms with van der Waals surface area (Å²) in [5, 5.41) is 13.1. The largest absolute Gasteiger partial charge is 0.335 e. The molecule has 0 saturated carbocycles. The molecule has 3 aromatic rings. The van der Waals surface area contributed by atoms with Gasteiger partial charge in [0.15, 0.2) is 0 Å². The van der Waals surface area contributed by atoms with Crippen molar-refractivity contribution < 1.29 is 23.7 Å². The number of benzene rings is 2. The van der Waals surface area contributed by atoms with E-state index in [1.165, 1.54) is 36.4 Å². The Balaban J connectivity index is 1.75. The molecule has 2 heterocycles. The molecule has 2 aromatic carbocycles. The zero-order valence-electron chi connectivity index (χ0n) is 17.8. The molecule has 1 saturated heterocycles. The Hall–Kier alpha value is -4.31. The molecule has 0 atom stereocenters. The van der Waals surface area contributed by atoms with Crippen LogP contribution in [0.3, 0.4) is 0 Å². The van der Waals surface area contributed by atoms with Crippen molar-refractivity contribution in [3.8, 4) is 5.69 Å². The van der Waals surface area contributed by atoms with Gasteiger partial charge in [0.1, 0.15) is 16.4 Å². The smallest absolute Gasteiger partial charge is 0.318 e. The highest BCUT2D eigenvalue weighted by atomic mass is 35.5. The van der Waals surface area contributed by atoms with Gasteiger partial charge in [-0.05, 0) is 68.0 Å². The van der Waals surface area contributed by atoms with Crippen molar-refractivity contribution in [1.29, 1.82) is 0 Å². The zero-order chi connectivity index (χ0) is 24.7. The quantitative estimate of drug-likeness (QED) is 0.255. The fraction of sp³-hybridized carbons (Fsp3) is 0.0870. The molecule has 11 heteroatoms. The number of aryl methyl sites for hydroxylation is 1. The first kappa shape index (κ1) is 22.9. The van der Waals surface area contributed by atoms with Crippen molar-refractivity contribution in [1.82, 2.24) is 9.88 Å². The Morgan fingerprint density at radius 1 is 1.03 bits per heavy atom. The lowest BCUT2D eigenvalue weighted by Gasteiger charge is -2.26. The number of nitrogens with zero attached hydrogens (tertiary/aromatic N) is 3. The molecule has 4 amide bonds. The van der Waals surface area contributed by atoms with E-state index < -0.39 is 28.6 Å². The molecule has 0 aliphatic carbocycles. The first-order valence-electron chi connectivity index (χ1n) is 9.88. The predicted octanol–water partition coefficient (Wildman–Crippen LogP) is 4.46. The monoisotopic (exact) mass is 482 g/mol. The number of carbonyl (C=O) groups is 3. The predicted molar refractivity (Wildman–Crippen MR) is 122 cm³/mol. The van der Waals surface area contributed by atoms with E-state index in [4.69, 9.17) is 11.6 Å². The Labute approximate surface area is 197 Å². The van der Waals surface area contributed by atoms with Crippen LogP contribution in [0.2, 0.25) is 5.02 Å². The average Bonchev–Trinajstić information content (AvgIpc) is 3.04. The van der Waals surface area contributed by atoms with Gasteiger partial charge in [-0.25, -0.2) is 14.1 Å². The molecule has 9 nitrogen and oxygen atoms in total. The number of carbonyl (C=O) groups excluding carboxylic acids is 3. The van der Waals surface area contributed by atoms with Crippen LogP contribution in [0.1, 0.15) is 17.0 Å². The van der Waals surface area contributed by atoms with E-state index in [1.807, 2.05) is 0 Å². The minimum atomic E-state index is -0.940. The minimum Gasteiger partial charge on any atom is -0.318 e. The van der Waals surface area contributed by atoms with Gasteiger partial charge in [0.2, 0.25) is 0 Å². The van der Waals surface area contributed by atoms with Gasteiger partial charge in [0.25, 0.3) is 17.5 Å². The highest BCUT2D eigenvalue weighted by Crippen LogP contribution is 2.30. The average molecular weight is 483 g/mol. The maximum absolute atomic E-state index is 13.3. The molecule has 4 rings (SSSR count). The van der Waals surface area contributed by atoms with Gasteiger partial charge in [0, 0.05) is 23.1 Å². The second-order valence-electron chi connectivity index (χ2n) is 7.49. The summed E-state index contributed by atoms with van der Waals surface area (Å²) in [6.07, 6.45) is 1.35. The van der Waals surface area contributed by atoms with E-state index in [0.717, 1.165) is 17.0 Å². The number of amides is 4. The first-order valence-corrected chi connectivity index (χ1v) is 10.3. The highest BCUT2D eigenvalue weighted by Gasteiger charge is 2.37. The molecule has 0 bridgehead atoms. The SMILES string of the molecule is Cc1cc(/C=C2\C(=O)NC(=O)N(c3ccc(F)cc3)C2=O)c(C)n1-c1ccc([N+](=O)[O-])c(Cl)c1. The molecule has 34 heavy (non-hydrogen) atoms. The number of nitro benzene ring substituents is 1. The van der Waals surface area contributed by atoms with Crippen molar-refractivity contribution in [2.24, 2.45) is 0 Å². The summed E-state index contributed by atoms with van der Waals surface area (Å²) in [6, 6.07) is 9.75. The molecule has 1 aliphatic rings. The van der Waals surface area contributed by atoms with E-state index in [-0.39, 0.29) is 22.0 Å². The Bertz CT molecular complexity index is 1410. The van der Waals surface area contributed by atoms with Crippen LogP contribution in [0, 0.1) is 29.8 Å². The number of nitro groups is 1. The van der Waals surface area contributed by atoms with Crippen LogP contribution in [-0.4, -0.2) is 27.3 Å². The maximum atomic E-state index is 13.3. The van der Waals surface area contributed by atoms with Crippen LogP contribution in [0.5, 0.6) is 0 Å². The highest BCUT2D eigenvalue weighted by molar-refractivity contribution is 6.39. The zero-order valence-corrected chi connectivity index (χ0v) is 18.6. The molecule has 1 N–H and O–H groups in total. The van der Waals surface area contributed by atoms with Crippen LogP contribution in [0.4, 0.5) is 20.6 Å². The molecule has 172 valence electrons. The number of rotatable bonds is 4. The van der Waals surface area contributed by atoms with E-state index >= 15 is 0 Å². The number of aromatic nitrogens is 1. The Morgan fingerprint density at radius 3 is 2.29 bits per heavy atom. The van der Waals surface area contributed by atoms with Gasteiger partial charge in [-0.15, -0.1) is 0 Å². The van der Waals surface area contributed by atoms with Crippen LogP contribution in [-0.2, 0) is 9.59 Å². The van der Waals surface area contributed by atoms with Crippen molar-refractivity contribution in [3.63, 3.8) is 0 Å². The van der Waals surface area contributed by atoms with E-state index in [0.29, 0.717) is 22.6 Å². The molecule has 1 aromatic heterocycles. The number of hydrogen-bond acceptors (Lipinski definition) is 5. The van der Waals surface area contributed by atoms with Crippen LogP contribution in [0.25, 0.3) is 11.8 Å². The van der Waals surface area contributed by atoms with Crippen molar-refractivity contribution in [2.75, 3.05) is 4.90 Å². The molecule has 0 radical (unpaired) electrons. The molecular weight excluding hydrogens is 467 g/mol. The summed E-state index contributed by atoms with van der Waals surface area (Å²) in [6.45, 7) is 3.52. The van der Waals surface area contributed by atoms with Crippen molar-refractivity contribution in [2.45, 2.75) is 13.8 Å². The van der Waals surface area contributed by atoms with Crippen LogP contribution >= 0.6 is 11.6 Å². The summed E-state index contributed by atoms with van der Waals surface area (Å²) >= 11 is 6.05. The normalized spacial score (nSPS) is 15.1. The van der Waals surface area contributed by atoms with Crippen molar-refractivity contribution >= 4 is 46.9 Å². The summed E-state index contributed by atoms with van der Waals surface area (Å²) in [5.74, 6) is -2.26. The molecule has 1 fully saturated rings. The molecule has 0 unspecified atom stereocenters. The van der Waals surface area contributed by atoms with Crippen LogP contribution in [0.15, 0.2) is 54.1 Å². The van der Waals surface area contributed by atoms with Gasteiger partial charge in [-0.2, -0.15) is 0 Å². The van der Waals surface area contributed by atoms with Crippen molar-refractivity contribution in [3.05, 3.63) is 92.0 Å². The first-order chi connectivity index (χ1) is 16.1. The number of urea groups is 1. The van der Waals surface area contributed by atoms with Gasteiger partial charge in [-0.3, -0.25) is 25.0 Å². The number of barbiturate groups is 1. The number of imide groups is 2. The van der Waals surface area contributed by atoms with Gasteiger partial charge in [-0.1, -0.05) is 11.6 Å². The molecular formula is C23H16ClFN4O5. The summed E-state index contributed by atoms with van der Waals surface area (Å²) in [5.41, 5.74) is 1.99. The third-order valence-corrected chi connectivity index (χ3v) is 5.65. The Morgan fingerprint density at radius 2 is 1.68 bits per heavy atom. The fourth-order valence-electron chi connectivity index (χ4n) is 3.75. The third kappa shape index (κ3) is 3.95. The van der Waals surface area contributed by atoms with Crippen LogP contribution < -0.4 is 10.2 Å². The minimum absolute atomic E-state index is 0.0369. The fourth-order valence-corrected chi connectivity index (χ4v) is 4.00. The van der Waals surface area contributed by atoms with E-state index in [2.05, 4.69) is 5.32 Å². The van der Waals surface area contributed by atoms with E-state index in [9.17, 15) is 28.9 Å². The lowest BCUT2D eigenvalue weighted by Crippen LogP contribution is -2.54. The second-order valence-corrected chi connectivity index (χ2v) is 7.90. The Kier molecular flexibility index (Phi) is 5.76. The van der Waals surface area contributed by atoms with Gasteiger partial charge in [0.05, 0.1) is 10.6 Å². The number of nitrogens with one attached hydrogen (secondary N) is 1. The number of anilines is 1. The second kappa shape index (κ2) is 8.56. The van der Waals surface area contributed by atoms with E-state index in [1.54, 1.807) is 24.5 Å². The topological polar surface area (TPSA) is 115 Å². The van der Waals surface area contributed by atoms with Gasteiger partial charge >= 0.3 is 6.03 Å². The number of hydrogen-bond donors (Lipinski definition) is 1. The molecule has 0 spiro atoms. The summed E-state index contributed by atoms with van der Waals surface area (Å²) in [7, 11) is 0. The lowest BCUT2D eigenvalue weighted by atomic mass is 10.1. The molecule has 1 aliphatic heterocycles. The summed E-state index contributed by atoms with van der Waals surface area (Å²) < 4.78 is 15.0. The number of halogens is 2. The summed E-state index contributed by atoms with van der Waals surface area (Å²) in [4.78, 5) is 49.0. The maximum Gasteiger partial charge on any atom is 0.335 e.